The zero-order valence-corrected chi connectivity index (χ0v) is 10.5. The van der Waals surface area contributed by atoms with Gasteiger partial charge in [0.25, 0.3) is 0 Å². The highest BCUT2D eigenvalue weighted by molar-refractivity contribution is 5.74. The standard InChI is InChI=1S/C15H14O4/c1-17-12-7-9-14(10-8-12)19-15(16)11-18-13-5-3-2-4-6-13/h2-10H,11H2,1H3. The molecule has 0 unspecified atom stereocenters. The van der Waals surface area contributed by atoms with Crippen molar-refractivity contribution in [2.45, 2.75) is 0 Å². The summed E-state index contributed by atoms with van der Waals surface area (Å²) < 4.78 is 15.4. The summed E-state index contributed by atoms with van der Waals surface area (Å²) in [7, 11) is 1.58. The van der Waals surface area contributed by atoms with Crippen molar-refractivity contribution in [1.29, 1.82) is 0 Å². The maximum Gasteiger partial charge on any atom is 0.349 e. The summed E-state index contributed by atoms with van der Waals surface area (Å²) in [5, 5.41) is 0. The van der Waals surface area contributed by atoms with Crippen LogP contribution in [-0.2, 0) is 4.79 Å². The van der Waals surface area contributed by atoms with E-state index in [0.717, 1.165) is 0 Å². The molecule has 4 nitrogen and oxygen atoms in total. The predicted octanol–water partition coefficient (Wildman–Crippen LogP) is 2.68. The Morgan fingerprint density at radius 3 is 2.16 bits per heavy atom. The minimum atomic E-state index is -0.450. The number of rotatable bonds is 5. The number of hydrogen-bond acceptors (Lipinski definition) is 4. The molecule has 0 fully saturated rings. The Balaban J connectivity index is 1.83. The van der Waals surface area contributed by atoms with Gasteiger partial charge in [-0.05, 0) is 36.4 Å². The SMILES string of the molecule is COc1ccc(OC(=O)COc2ccccc2)cc1. The molecule has 2 aromatic carbocycles. The zero-order valence-electron chi connectivity index (χ0n) is 10.5. The maximum atomic E-state index is 11.6. The fraction of sp³-hybridized carbons (Fsp3) is 0.133. The fourth-order valence-corrected chi connectivity index (χ4v) is 1.46. The quantitative estimate of drug-likeness (QED) is 0.611. The van der Waals surface area contributed by atoms with Crippen LogP contribution in [-0.4, -0.2) is 19.7 Å². The number of hydrogen-bond donors (Lipinski definition) is 0. The van der Waals surface area contributed by atoms with Gasteiger partial charge >= 0.3 is 5.97 Å². The molecule has 0 aliphatic carbocycles. The lowest BCUT2D eigenvalue weighted by Gasteiger charge is -2.07. The summed E-state index contributed by atoms with van der Waals surface area (Å²) in [6.07, 6.45) is 0. The lowest BCUT2D eigenvalue weighted by atomic mass is 10.3. The number of ether oxygens (including phenoxy) is 3. The van der Waals surface area contributed by atoms with Gasteiger partial charge in [0.1, 0.15) is 17.2 Å². The van der Waals surface area contributed by atoms with Crippen molar-refractivity contribution in [3.05, 3.63) is 54.6 Å². The van der Waals surface area contributed by atoms with Gasteiger partial charge in [-0.15, -0.1) is 0 Å². The third-order valence-corrected chi connectivity index (χ3v) is 2.39. The highest BCUT2D eigenvalue weighted by Gasteiger charge is 2.06. The molecule has 0 N–H and O–H groups in total. The molecule has 0 heterocycles. The largest absolute Gasteiger partial charge is 0.497 e. The first-order chi connectivity index (χ1) is 9.28. The van der Waals surface area contributed by atoms with E-state index in [4.69, 9.17) is 14.2 Å². The average Bonchev–Trinajstić information content (AvgIpc) is 2.47. The van der Waals surface area contributed by atoms with Crippen LogP contribution in [0.15, 0.2) is 54.6 Å². The summed E-state index contributed by atoms with van der Waals surface area (Å²) in [5.41, 5.74) is 0. The molecule has 0 aromatic heterocycles. The number of benzene rings is 2. The number of carbonyl (C=O) groups excluding carboxylic acids is 1. The van der Waals surface area contributed by atoms with E-state index < -0.39 is 5.97 Å². The summed E-state index contributed by atoms with van der Waals surface area (Å²) >= 11 is 0. The molecule has 0 aliphatic rings. The van der Waals surface area contributed by atoms with Gasteiger partial charge in [0.05, 0.1) is 7.11 Å². The molecule has 0 bridgehead atoms. The second-order valence-corrected chi connectivity index (χ2v) is 3.75. The second-order valence-electron chi connectivity index (χ2n) is 3.75. The van der Waals surface area contributed by atoms with Gasteiger partial charge in [0.15, 0.2) is 6.61 Å². The van der Waals surface area contributed by atoms with Crippen LogP contribution in [0.25, 0.3) is 0 Å². The summed E-state index contributed by atoms with van der Waals surface area (Å²) in [6, 6.07) is 15.9. The zero-order chi connectivity index (χ0) is 13.5. The van der Waals surface area contributed by atoms with Crippen LogP contribution in [0.5, 0.6) is 17.2 Å². The van der Waals surface area contributed by atoms with Crippen molar-refractivity contribution < 1.29 is 19.0 Å². The highest BCUT2D eigenvalue weighted by atomic mass is 16.6. The van der Waals surface area contributed by atoms with E-state index in [1.54, 1.807) is 43.5 Å². The van der Waals surface area contributed by atoms with E-state index >= 15 is 0 Å². The molecule has 0 atom stereocenters. The molecule has 0 saturated carbocycles. The Morgan fingerprint density at radius 2 is 1.53 bits per heavy atom. The van der Waals surface area contributed by atoms with Crippen molar-refractivity contribution >= 4 is 5.97 Å². The van der Waals surface area contributed by atoms with Gasteiger partial charge in [-0.2, -0.15) is 0 Å². The Labute approximate surface area is 111 Å². The van der Waals surface area contributed by atoms with Crippen LogP contribution < -0.4 is 14.2 Å². The molecule has 0 amide bonds. The minimum Gasteiger partial charge on any atom is -0.497 e. The van der Waals surface area contributed by atoms with Gasteiger partial charge in [-0.1, -0.05) is 18.2 Å². The van der Waals surface area contributed by atoms with Crippen LogP contribution in [0.1, 0.15) is 0 Å². The summed E-state index contributed by atoms with van der Waals surface area (Å²) in [6.45, 7) is -0.129. The molecule has 0 aliphatic heterocycles. The third-order valence-electron chi connectivity index (χ3n) is 2.39. The Bertz CT molecular complexity index is 520. The molecular formula is C15H14O4. The van der Waals surface area contributed by atoms with Gasteiger partial charge < -0.3 is 14.2 Å². The van der Waals surface area contributed by atoms with Crippen molar-refractivity contribution in [3.8, 4) is 17.2 Å². The first kappa shape index (κ1) is 13.0. The third kappa shape index (κ3) is 4.03. The number of esters is 1. The van der Waals surface area contributed by atoms with E-state index in [1.165, 1.54) is 0 Å². The smallest absolute Gasteiger partial charge is 0.349 e. The first-order valence-electron chi connectivity index (χ1n) is 5.80. The van der Waals surface area contributed by atoms with Crippen LogP contribution in [0, 0.1) is 0 Å². The van der Waals surface area contributed by atoms with E-state index in [1.807, 2.05) is 18.2 Å². The normalized spacial score (nSPS) is 9.74. The monoisotopic (exact) mass is 258 g/mol. The van der Waals surface area contributed by atoms with E-state index in [0.29, 0.717) is 17.2 Å². The molecule has 0 saturated heterocycles. The van der Waals surface area contributed by atoms with E-state index in [-0.39, 0.29) is 6.61 Å². The van der Waals surface area contributed by atoms with Crippen LogP contribution >= 0.6 is 0 Å². The van der Waals surface area contributed by atoms with Gasteiger partial charge in [-0.25, -0.2) is 4.79 Å². The first-order valence-corrected chi connectivity index (χ1v) is 5.80. The summed E-state index contributed by atoms with van der Waals surface area (Å²) in [4.78, 5) is 11.6. The van der Waals surface area contributed by atoms with Crippen molar-refractivity contribution in [3.63, 3.8) is 0 Å². The van der Waals surface area contributed by atoms with Crippen LogP contribution in [0.2, 0.25) is 0 Å². The lowest BCUT2D eigenvalue weighted by Crippen LogP contribution is -2.17. The van der Waals surface area contributed by atoms with Crippen LogP contribution in [0.4, 0.5) is 0 Å². The van der Waals surface area contributed by atoms with Crippen molar-refractivity contribution in [2.75, 3.05) is 13.7 Å². The van der Waals surface area contributed by atoms with Crippen molar-refractivity contribution in [1.82, 2.24) is 0 Å². The molecule has 4 heteroatoms. The topological polar surface area (TPSA) is 44.8 Å². The van der Waals surface area contributed by atoms with Gasteiger partial charge in [0.2, 0.25) is 0 Å². The van der Waals surface area contributed by atoms with Crippen LogP contribution in [0.3, 0.4) is 0 Å². The molecular weight excluding hydrogens is 244 g/mol. The minimum absolute atomic E-state index is 0.129. The van der Waals surface area contributed by atoms with Gasteiger partial charge in [-0.3, -0.25) is 0 Å². The van der Waals surface area contributed by atoms with Crippen molar-refractivity contribution in [2.24, 2.45) is 0 Å². The molecule has 2 rings (SSSR count). The number of para-hydroxylation sites is 1. The lowest BCUT2D eigenvalue weighted by molar-refractivity contribution is -0.136. The van der Waals surface area contributed by atoms with E-state index in [2.05, 4.69) is 0 Å². The predicted molar refractivity (Wildman–Crippen MR) is 70.6 cm³/mol. The molecule has 19 heavy (non-hydrogen) atoms. The Kier molecular flexibility index (Phi) is 4.39. The molecule has 0 spiro atoms. The highest BCUT2D eigenvalue weighted by Crippen LogP contribution is 2.17. The Hall–Kier alpha value is -2.49. The molecule has 0 radical (unpaired) electrons. The molecule has 98 valence electrons. The maximum absolute atomic E-state index is 11.6. The average molecular weight is 258 g/mol. The number of carbonyl (C=O) groups is 1. The van der Waals surface area contributed by atoms with E-state index in [9.17, 15) is 4.79 Å². The molecule has 2 aromatic rings. The summed E-state index contributed by atoms with van der Waals surface area (Å²) in [5.74, 6) is 1.35. The fourth-order valence-electron chi connectivity index (χ4n) is 1.46. The Morgan fingerprint density at radius 1 is 0.895 bits per heavy atom. The number of methoxy groups -OCH3 is 1. The van der Waals surface area contributed by atoms with Gasteiger partial charge in [0, 0.05) is 0 Å². The second kappa shape index (κ2) is 6.44.